The van der Waals surface area contributed by atoms with Gasteiger partial charge in [0.05, 0.1) is 6.54 Å². The van der Waals surface area contributed by atoms with Gasteiger partial charge in [-0.25, -0.2) is 0 Å². The van der Waals surface area contributed by atoms with E-state index in [1.54, 1.807) is 0 Å². The molecule has 0 bridgehead atoms. The summed E-state index contributed by atoms with van der Waals surface area (Å²) in [4.78, 5) is 2.51. The number of hydrogen-bond donors (Lipinski definition) is 1. The van der Waals surface area contributed by atoms with Crippen LogP contribution in [0, 0.1) is 5.92 Å². The molecule has 4 nitrogen and oxygen atoms in total. The van der Waals surface area contributed by atoms with E-state index < -0.39 is 0 Å². The van der Waals surface area contributed by atoms with E-state index in [0.717, 1.165) is 32.7 Å². The van der Waals surface area contributed by atoms with Crippen molar-refractivity contribution in [1.29, 1.82) is 0 Å². The summed E-state index contributed by atoms with van der Waals surface area (Å²) in [5.74, 6) is 1.13. The Morgan fingerprint density at radius 3 is 2.65 bits per heavy atom. The van der Waals surface area contributed by atoms with Crippen LogP contribution >= 0.6 is 0 Å². The van der Waals surface area contributed by atoms with Crippen molar-refractivity contribution in [2.75, 3.05) is 26.2 Å². The average Bonchev–Trinajstić information content (AvgIpc) is 3.15. The van der Waals surface area contributed by atoms with Gasteiger partial charge in [-0.15, -0.1) is 0 Å². The average molecular weight is 270 g/mol. The van der Waals surface area contributed by atoms with E-state index in [1.165, 1.54) is 5.56 Å². The Morgan fingerprint density at radius 2 is 1.95 bits per heavy atom. The summed E-state index contributed by atoms with van der Waals surface area (Å²) in [5, 5.41) is 4.26. The fourth-order valence-corrected chi connectivity index (χ4v) is 3.14. The van der Waals surface area contributed by atoms with Gasteiger partial charge >= 0.3 is 0 Å². The molecule has 20 heavy (non-hydrogen) atoms. The van der Waals surface area contributed by atoms with E-state index in [0.29, 0.717) is 11.8 Å². The van der Waals surface area contributed by atoms with Crippen LogP contribution in [0.1, 0.15) is 11.5 Å². The van der Waals surface area contributed by atoms with E-state index in [-0.39, 0.29) is 0 Å². The van der Waals surface area contributed by atoms with E-state index in [2.05, 4.69) is 40.3 Å². The maximum Gasteiger partial charge on any atom is 0.0536 e. The second kappa shape index (κ2) is 6.20. The molecule has 4 heteroatoms. The molecule has 1 fully saturated rings. The molecular weight excluding hydrogens is 248 g/mol. The fourth-order valence-electron chi connectivity index (χ4n) is 3.14. The molecular formula is C16H22N4. The van der Waals surface area contributed by atoms with Crippen LogP contribution in [-0.2, 0) is 6.54 Å². The first-order valence-electron chi connectivity index (χ1n) is 7.31. The highest BCUT2D eigenvalue weighted by Gasteiger charge is 2.32. The number of benzene rings is 1. The highest BCUT2D eigenvalue weighted by Crippen LogP contribution is 2.31. The molecule has 1 aliphatic rings. The van der Waals surface area contributed by atoms with Crippen LogP contribution in [0.4, 0.5) is 0 Å². The molecule has 0 radical (unpaired) electrons. The molecule has 1 aromatic carbocycles. The molecule has 2 heterocycles. The first-order valence-corrected chi connectivity index (χ1v) is 7.31. The highest BCUT2D eigenvalue weighted by molar-refractivity contribution is 5.22. The molecule has 2 N–H and O–H groups in total. The molecule has 2 atom stereocenters. The summed E-state index contributed by atoms with van der Waals surface area (Å²) in [5.41, 5.74) is 7.39. The minimum absolute atomic E-state index is 0.565. The van der Waals surface area contributed by atoms with Crippen LogP contribution in [0.25, 0.3) is 0 Å². The fraction of sp³-hybridized carbons (Fsp3) is 0.438. The van der Waals surface area contributed by atoms with Gasteiger partial charge in [-0.1, -0.05) is 30.3 Å². The lowest BCUT2D eigenvalue weighted by atomic mass is 9.89. The minimum Gasteiger partial charge on any atom is -0.330 e. The SMILES string of the molecule is NC[C@@H]1CN(CCn2cccn2)C[C@H]1c1ccccc1. The predicted octanol–water partition coefficient (Wildman–Crippen LogP) is 1.56. The van der Waals surface area contributed by atoms with E-state index in [4.69, 9.17) is 5.73 Å². The van der Waals surface area contributed by atoms with Crippen molar-refractivity contribution in [2.45, 2.75) is 12.5 Å². The van der Waals surface area contributed by atoms with Gasteiger partial charge in [0, 0.05) is 37.9 Å². The maximum atomic E-state index is 5.97. The van der Waals surface area contributed by atoms with Gasteiger partial charge in [0.15, 0.2) is 0 Å². The van der Waals surface area contributed by atoms with Gasteiger partial charge in [0.1, 0.15) is 0 Å². The third-order valence-electron chi connectivity index (χ3n) is 4.25. The first kappa shape index (κ1) is 13.3. The molecule has 1 saturated heterocycles. The molecule has 0 amide bonds. The van der Waals surface area contributed by atoms with Crippen LogP contribution < -0.4 is 5.73 Å². The number of likely N-dealkylation sites (tertiary alicyclic amines) is 1. The Labute approximate surface area is 120 Å². The number of nitrogens with two attached hydrogens (primary N) is 1. The van der Waals surface area contributed by atoms with Crippen molar-refractivity contribution in [3.8, 4) is 0 Å². The smallest absolute Gasteiger partial charge is 0.0536 e. The molecule has 1 aliphatic heterocycles. The Balaban J connectivity index is 1.62. The van der Waals surface area contributed by atoms with Crippen molar-refractivity contribution in [2.24, 2.45) is 11.7 Å². The van der Waals surface area contributed by atoms with Crippen LogP contribution in [0.5, 0.6) is 0 Å². The zero-order valence-electron chi connectivity index (χ0n) is 11.7. The Hall–Kier alpha value is -1.65. The molecule has 2 aromatic rings. The van der Waals surface area contributed by atoms with Gasteiger partial charge < -0.3 is 10.6 Å². The number of aromatic nitrogens is 2. The normalized spacial score (nSPS) is 23.2. The van der Waals surface area contributed by atoms with Crippen LogP contribution in [-0.4, -0.2) is 40.9 Å². The Kier molecular flexibility index (Phi) is 4.14. The third kappa shape index (κ3) is 2.92. The molecule has 1 aromatic heterocycles. The Morgan fingerprint density at radius 1 is 1.10 bits per heavy atom. The summed E-state index contributed by atoms with van der Waals surface area (Å²) in [6.07, 6.45) is 3.85. The van der Waals surface area contributed by atoms with Gasteiger partial charge in [-0.05, 0) is 24.1 Å². The molecule has 0 saturated carbocycles. The van der Waals surface area contributed by atoms with Gasteiger partial charge in [-0.3, -0.25) is 4.68 Å². The van der Waals surface area contributed by atoms with Crippen molar-refractivity contribution in [3.63, 3.8) is 0 Å². The minimum atomic E-state index is 0.565. The predicted molar refractivity (Wildman–Crippen MR) is 80.4 cm³/mol. The summed E-state index contributed by atoms with van der Waals surface area (Å²) in [6, 6.07) is 12.7. The number of rotatable bonds is 5. The highest BCUT2D eigenvalue weighted by atomic mass is 15.3. The summed E-state index contributed by atoms with van der Waals surface area (Å²) in [6.45, 7) is 4.95. The van der Waals surface area contributed by atoms with Gasteiger partial charge in [0.25, 0.3) is 0 Å². The molecule has 3 rings (SSSR count). The lowest BCUT2D eigenvalue weighted by molar-refractivity contribution is 0.303. The molecule has 106 valence electrons. The lowest BCUT2D eigenvalue weighted by Gasteiger charge is -2.16. The van der Waals surface area contributed by atoms with Crippen molar-refractivity contribution in [3.05, 3.63) is 54.4 Å². The second-order valence-corrected chi connectivity index (χ2v) is 5.54. The number of nitrogens with zero attached hydrogens (tertiary/aromatic N) is 3. The van der Waals surface area contributed by atoms with Crippen molar-refractivity contribution in [1.82, 2.24) is 14.7 Å². The van der Waals surface area contributed by atoms with Crippen molar-refractivity contribution < 1.29 is 0 Å². The van der Waals surface area contributed by atoms with Crippen LogP contribution in [0.2, 0.25) is 0 Å². The largest absolute Gasteiger partial charge is 0.330 e. The summed E-state index contributed by atoms with van der Waals surface area (Å²) >= 11 is 0. The first-order chi connectivity index (χ1) is 9.86. The standard InChI is InChI=1S/C16H22N4/c17-11-15-12-19(9-10-20-8-4-7-18-20)13-16(15)14-5-2-1-3-6-14/h1-8,15-16H,9-13,17H2/t15-,16+/m1/s1. The summed E-state index contributed by atoms with van der Waals surface area (Å²) in [7, 11) is 0. The molecule has 0 spiro atoms. The van der Waals surface area contributed by atoms with E-state index in [1.807, 2.05) is 23.1 Å². The van der Waals surface area contributed by atoms with Crippen LogP contribution in [0.15, 0.2) is 48.8 Å². The van der Waals surface area contributed by atoms with Crippen LogP contribution in [0.3, 0.4) is 0 Å². The third-order valence-corrected chi connectivity index (χ3v) is 4.25. The maximum absolute atomic E-state index is 5.97. The number of hydrogen-bond acceptors (Lipinski definition) is 3. The quantitative estimate of drug-likeness (QED) is 0.897. The second-order valence-electron chi connectivity index (χ2n) is 5.54. The summed E-state index contributed by atoms with van der Waals surface area (Å²) < 4.78 is 1.99. The molecule has 0 unspecified atom stereocenters. The monoisotopic (exact) mass is 270 g/mol. The topological polar surface area (TPSA) is 47.1 Å². The Bertz CT molecular complexity index is 509. The lowest BCUT2D eigenvalue weighted by Crippen LogP contribution is -2.26. The van der Waals surface area contributed by atoms with E-state index >= 15 is 0 Å². The van der Waals surface area contributed by atoms with Gasteiger partial charge in [-0.2, -0.15) is 5.10 Å². The zero-order valence-corrected chi connectivity index (χ0v) is 11.7. The zero-order chi connectivity index (χ0) is 13.8. The van der Waals surface area contributed by atoms with E-state index in [9.17, 15) is 0 Å². The van der Waals surface area contributed by atoms with Crippen molar-refractivity contribution >= 4 is 0 Å². The van der Waals surface area contributed by atoms with Gasteiger partial charge in [0.2, 0.25) is 0 Å². The molecule has 0 aliphatic carbocycles.